The standard InChI is InChI=1S/C24H32N2O3.CH2O2/c1-27-22-14-20-18-6-4-7-19(18)24(17-8-13-28-16-17)25-21(20)15-23(22)29-12-5-11-26-9-2-3-10-26;2-1-3/h14-15,17H,2-13,16H2,1H3;1H,(H,2,3). The molecule has 2 fully saturated rings. The van der Waals surface area contributed by atoms with Crippen LogP contribution in [-0.4, -0.2) is 68.0 Å². The van der Waals surface area contributed by atoms with Crippen LogP contribution in [0.25, 0.3) is 10.9 Å². The molecule has 2 aromatic rings. The Morgan fingerprint density at radius 2 is 1.97 bits per heavy atom. The Bertz CT molecular complexity index is 920. The average Bonchev–Trinajstić information content (AvgIpc) is 3.58. The van der Waals surface area contributed by atoms with Gasteiger partial charge in [-0.1, -0.05) is 0 Å². The Balaban J connectivity index is 0.000000775. The Hall–Kier alpha value is -2.38. The summed E-state index contributed by atoms with van der Waals surface area (Å²) >= 11 is 0. The maximum Gasteiger partial charge on any atom is 0.290 e. The fourth-order valence-electron chi connectivity index (χ4n) is 5.24. The Kier molecular flexibility index (Phi) is 7.81. The number of benzene rings is 1. The molecule has 1 N–H and O–H groups in total. The second-order valence-electron chi connectivity index (χ2n) is 8.74. The molecule has 1 aromatic heterocycles. The lowest BCUT2D eigenvalue weighted by atomic mass is 9.94. The molecule has 3 aliphatic rings. The molecule has 1 unspecified atom stereocenters. The molecule has 2 saturated heterocycles. The summed E-state index contributed by atoms with van der Waals surface area (Å²) in [4.78, 5) is 16.0. The number of hydrogen-bond acceptors (Lipinski definition) is 6. The van der Waals surface area contributed by atoms with Crippen LogP contribution >= 0.6 is 0 Å². The maximum absolute atomic E-state index is 8.36. The lowest BCUT2D eigenvalue weighted by molar-refractivity contribution is -0.122. The molecule has 32 heavy (non-hydrogen) atoms. The van der Waals surface area contributed by atoms with Crippen molar-refractivity contribution in [3.05, 3.63) is 29.0 Å². The van der Waals surface area contributed by atoms with Gasteiger partial charge >= 0.3 is 0 Å². The van der Waals surface area contributed by atoms with E-state index in [0.717, 1.165) is 62.5 Å². The fraction of sp³-hybridized carbons (Fsp3) is 0.600. The molecule has 0 amide bonds. The first-order chi connectivity index (χ1) is 15.7. The van der Waals surface area contributed by atoms with Crippen LogP contribution in [0.3, 0.4) is 0 Å². The third kappa shape index (κ3) is 4.99. The highest BCUT2D eigenvalue weighted by molar-refractivity contribution is 5.87. The normalized spacial score (nSPS) is 20.1. The molecule has 2 aliphatic heterocycles. The maximum atomic E-state index is 8.36. The van der Waals surface area contributed by atoms with E-state index in [1.807, 2.05) is 0 Å². The number of pyridine rings is 1. The fourth-order valence-corrected chi connectivity index (χ4v) is 5.24. The molecule has 0 bridgehead atoms. The van der Waals surface area contributed by atoms with Gasteiger partial charge in [-0.3, -0.25) is 9.78 Å². The summed E-state index contributed by atoms with van der Waals surface area (Å²) in [6.07, 6.45) is 8.29. The predicted molar refractivity (Wildman–Crippen MR) is 123 cm³/mol. The molecular formula is C25H34N2O5. The van der Waals surface area contributed by atoms with Crippen LogP contribution in [0.15, 0.2) is 12.1 Å². The van der Waals surface area contributed by atoms with E-state index >= 15 is 0 Å². The molecule has 174 valence electrons. The van der Waals surface area contributed by atoms with Crippen molar-refractivity contribution in [3.8, 4) is 11.5 Å². The van der Waals surface area contributed by atoms with E-state index in [1.165, 1.54) is 54.6 Å². The predicted octanol–water partition coefficient (Wildman–Crippen LogP) is 3.80. The number of aryl methyl sites for hydroxylation is 1. The highest BCUT2D eigenvalue weighted by Gasteiger charge is 2.28. The molecule has 5 rings (SSSR count). The first-order valence-electron chi connectivity index (χ1n) is 11.8. The van der Waals surface area contributed by atoms with Gasteiger partial charge in [-0.25, -0.2) is 0 Å². The monoisotopic (exact) mass is 442 g/mol. The van der Waals surface area contributed by atoms with Crippen LogP contribution < -0.4 is 9.47 Å². The zero-order valence-electron chi connectivity index (χ0n) is 19.0. The van der Waals surface area contributed by atoms with E-state index in [0.29, 0.717) is 12.5 Å². The van der Waals surface area contributed by atoms with Gasteiger partial charge in [-0.05, 0) is 75.2 Å². The summed E-state index contributed by atoms with van der Waals surface area (Å²) in [7, 11) is 1.73. The highest BCUT2D eigenvalue weighted by Crippen LogP contribution is 2.40. The quantitative estimate of drug-likeness (QED) is 0.516. The van der Waals surface area contributed by atoms with Gasteiger partial charge < -0.3 is 24.2 Å². The van der Waals surface area contributed by atoms with Crippen LogP contribution in [0.2, 0.25) is 0 Å². The number of fused-ring (bicyclic) bond motifs is 3. The van der Waals surface area contributed by atoms with Crippen LogP contribution in [0.5, 0.6) is 11.5 Å². The topological polar surface area (TPSA) is 81.1 Å². The zero-order valence-corrected chi connectivity index (χ0v) is 19.0. The van der Waals surface area contributed by atoms with E-state index in [1.54, 1.807) is 7.11 Å². The zero-order chi connectivity index (χ0) is 22.3. The summed E-state index contributed by atoms with van der Waals surface area (Å²) in [6.45, 7) is 5.72. The first-order valence-corrected chi connectivity index (χ1v) is 11.8. The summed E-state index contributed by atoms with van der Waals surface area (Å²) in [5.74, 6) is 2.09. The van der Waals surface area contributed by atoms with Gasteiger partial charge in [-0.15, -0.1) is 0 Å². The summed E-state index contributed by atoms with van der Waals surface area (Å²) in [5, 5.41) is 8.13. The molecule has 0 spiro atoms. The molecule has 7 nitrogen and oxygen atoms in total. The van der Waals surface area contributed by atoms with E-state index in [4.69, 9.17) is 29.1 Å². The van der Waals surface area contributed by atoms with Crippen LogP contribution in [0.4, 0.5) is 0 Å². The van der Waals surface area contributed by atoms with Crippen molar-refractivity contribution in [1.82, 2.24) is 9.88 Å². The molecular weight excluding hydrogens is 408 g/mol. The first kappa shape index (κ1) is 22.8. The number of aromatic nitrogens is 1. The van der Waals surface area contributed by atoms with Crippen molar-refractivity contribution in [1.29, 1.82) is 0 Å². The highest BCUT2D eigenvalue weighted by atomic mass is 16.5. The van der Waals surface area contributed by atoms with E-state index in [9.17, 15) is 0 Å². The van der Waals surface area contributed by atoms with E-state index in [2.05, 4.69) is 17.0 Å². The number of nitrogens with zero attached hydrogens (tertiary/aromatic N) is 2. The molecule has 1 aliphatic carbocycles. The molecule has 1 aromatic carbocycles. The van der Waals surface area contributed by atoms with E-state index < -0.39 is 0 Å². The van der Waals surface area contributed by atoms with Gasteiger partial charge in [0, 0.05) is 30.5 Å². The lowest BCUT2D eigenvalue weighted by Crippen LogP contribution is -2.21. The minimum Gasteiger partial charge on any atom is -0.493 e. The molecule has 1 atom stereocenters. The van der Waals surface area contributed by atoms with Gasteiger partial charge in [0.25, 0.3) is 6.47 Å². The Morgan fingerprint density at radius 3 is 2.69 bits per heavy atom. The van der Waals surface area contributed by atoms with Gasteiger partial charge in [0.15, 0.2) is 11.5 Å². The number of likely N-dealkylation sites (tertiary alicyclic amines) is 1. The Labute approximate surface area is 189 Å². The molecule has 0 radical (unpaired) electrons. The number of ether oxygens (including phenoxy) is 3. The second-order valence-corrected chi connectivity index (χ2v) is 8.74. The van der Waals surface area contributed by atoms with Gasteiger partial charge in [-0.2, -0.15) is 0 Å². The molecule has 0 saturated carbocycles. The van der Waals surface area contributed by atoms with Crippen molar-refractivity contribution in [2.75, 3.05) is 46.6 Å². The van der Waals surface area contributed by atoms with Crippen molar-refractivity contribution in [2.24, 2.45) is 0 Å². The third-order valence-electron chi connectivity index (χ3n) is 6.77. The number of carbonyl (C=O) groups is 1. The van der Waals surface area contributed by atoms with Crippen LogP contribution in [0.1, 0.15) is 54.8 Å². The van der Waals surface area contributed by atoms with Crippen molar-refractivity contribution < 1.29 is 24.1 Å². The minimum atomic E-state index is -0.250. The number of methoxy groups -OCH3 is 1. The van der Waals surface area contributed by atoms with Crippen LogP contribution in [0, 0.1) is 0 Å². The molecule has 3 heterocycles. The summed E-state index contributed by atoms with van der Waals surface area (Å²) in [6, 6.07) is 4.25. The van der Waals surface area contributed by atoms with E-state index in [-0.39, 0.29) is 6.47 Å². The largest absolute Gasteiger partial charge is 0.493 e. The SMILES string of the molecule is COc1cc2c3c(c(C4CCOC4)nc2cc1OCCCN1CCCC1)CCC3.O=CO. The minimum absolute atomic E-state index is 0.250. The second kappa shape index (κ2) is 11.0. The number of rotatable bonds is 7. The smallest absolute Gasteiger partial charge is 0.290 e. The van der Waals surface area contributed by atoms with Gasteiger partial charge in [0.2, 0.25) is 0 Å². The van der Waals surface area contributed by atoms with Crippen molar-refractivity contribution in [2.45, 2.75) is 50.9 Å². The lowest BCUT2D eigenvalue weighted by Gasteiger charge is -2.18. The summed E-state index contributed by atoms with van der Waals surface area (Å²) < 4.78 is 17.5. The average molecular weight is 443 g/mol. The van der Waals surface area contributed by atoms with Gasteiger partial charge in [0.1, 0.15) is 0 Å². The van der Waals surface area contributed by atoms with Crippen LogP contribution in [-0.2, 0) is 22.4 Å². The summed E-state index contributed by atoms with van der Waals surface area (Å²) in [5.41, 5.74) is 5.25. The number of carboxylic acid groups (broad SMARTS) is 1. The Morgan fingerprint density at radius 1 is 1.19 bits per heavy atom. The van der Waals surface area contributed by atoms with Crippen molar-refractivity contribution >= 4 is 17.4 Å². The molecule has 7 heteroatoms. The van der Waals surface area contributed by atoms with Crippen molar-refractivity contribution in [3.63, 3.8) is 0 Å². The number of hydrogen-bond donors (Lipinski definition) is 1. The third-order valence-corrected chi connectivity index (χ3v) is 6.77. The van der Waals surface area contributed by atoms with Gasteiger partial charge in [0.05, 0.1) is 31.5 Å².